The van der Waals surface area contributed by atoms with Gasteiger partial charge in [-0.15, -0.1) is 11.3 Å². The summed E-state index contributed by atoms with van der Waals surface area (Å²) in [6.07, 6.45) is 2.71. The lowest BCUT2D eigenvalue weighted by molar-refractivity contribution is -0.141. The van der Waals surface area contributed by atoms with Crippen LogP contribution in [0.3, 0.4) is 0 Å². The predicted octanol–water partition coefficient (Wildman–Crippen LogP) is 1.93. The average molecular weight is 314 g/mol. The summed E-state index contributed by atoms with van der Waals surface area (Å²) < 4.78 is 4.73. The summed E-state index contributed by atoms with van der Waals surface area (Å²) in [7, 11) is 1.43. The van der Waals surface area contributed by atoms with E-state index in [1.807, 2.05) is 6.07 Å². The molecule has 0 atom stereocenters. The lowest BCUT2D eigenvalue weighted by Crippen LogP contribution is -2.29. The summed E-state index contributed by atoms with van der Waals surface area (Å²) in [5, 5.41) is 0. The van der Waals surface area contributed by atoms with Crippen molar-refractivity contribution in [2.75, 3.05) is 12.9 Å². The van der Waals surface area contributed by atoms with Crippen molar-refractivity contribution in [2.45, 2.75) is 25.0 Å². The van der Waals surface area contributed by atoms with Crippen molar-refractivity contribution in [1.29, 1.82) is 0 Å². The molecule has 1 heterocycles. The summed E-state index contributed by atoms with van der Waals surface area (Å²) in [4.78, 5) is 24.4. The molecule has 1 aliphatic rings. The van der Waals surface area contributed by atoms with E-state index in [0.717, 1.165) is 29.2 Å². The molecule has 3 N–H and O–H groups in total. The van der Waals surface area contributed by atoms with Crippen LogP contribution in [0, 0.1) is 5.41 Å². The zero-order chi connectivity index (χ0) is 14.6. The van der Waals surface area contributed by atoms with Crippen LogP contribution >= 0.6 is 23.1 Å². The molecule has 1 fully saturated rings. The third-order valence-corrected chi connectivity index (χ3v) is 5.97. The second-order valence-electron chi connectivity index (χ2n) is 4.99. The monoisotopic (exact) mass is 314 g/mol. The fraction of sp³-hybridized carbons (Fsp3) is 0.538. The first-order chi connectivity index (χ1) is 9.58. The van der Waals surface area contributed by atoms with Crippen LogP contribution < -0.4 is 11.3 Å². The fourth-order valence-electron chi connectivity index (χ4n) is 1.94. The van der Waals surface area contributed by atoms with E-state index < -0.39 is 0 Å². The van der Waals surface area contributed by atoms with Crippen molar-refractivity contribution in [3.05, 3.63) is 21.9 Å². The molecule has 1 aliphatic carbocycles. The molecular formula is C13H18N2O3S2. The largest absolute Gasteiger partial charge is 0.469 e. The zero-order valence-corrected chi connectivity index (χ0v) is 12.9. The number of nitrogens with two attached hydrogens (primary N) is 1. The van der Waals surface area contributed by atoms with Gasteiger partial charge in [0, 0.05) is 10.6 Å². The zero-order valence-electron chi connectivity index (χ0n) is 11.3. The van der Waals surface area contributed by atoms with Gasteiger partial charge in [-0.25, -0.2) is 5.84 Å². The second kappa shape index (κ2) is 6.60. The molecule has 5 nitrogen and oxygen atoms in total. The minimum Gasteiger partial charge on any atom is -0.469 e. The van der Waals surface area contributed by atoms with Gasteiger partial charge in [0.05, 0.1) is 18.4 Å². The Morgan fingerprint density at radius 3 is 2.85 bits per heavy atom. The molecular weight excluding hydrogens is 296 g/mol. The van der Waals surface area contributed by atoms with Gasteiger partial charge in [0.2, 0.25) is 0 Å². The maximum absolute atomic E-state index is 11.3. The molecule has 110 valence electrons. The van der Waals surface area contributed by atoms with Crippen LogP contribution in [0.2, 0.25) is 0 Å². The van der Waals surface area contributed by atoms with Crippen molar-refractivity contribution >= 4 is 35.0 Å². The highest BCUT2D eigenvalue weighted by atomic mass is 32.2. The maximum atomic E-state index is 11.3. The second-order valence-corrected chi connectivity index (χ2v) is 7.14. The van der Waals surface area contributed by atoms with Crippen molar-refractivity contribution < 1.29 is 14.3 Å². The number of thioether (sulfide) groups is 1. The molecule has 0 aromatic carbocycles. The number of hydrogen-bond acceptors (Lipinski definition) is 6. The Morgan fingerprint density at radius 1 is 1.50 bits per heavy atom. The number of methoxy groups -OCH3 is 1. The number of thiophene rings is 1. The number of esters is 1. The lowest BCUT2D eigenvalue weighted by atomic mass is 10.1. The summed E-state index contributed by atoms with van der Waals surface area (Å²) in [6.45, 7) is 0. The Labute approximate surface area is 126 Å². The molecule has 0 unspecified atom stereocenters. The summed E-state index contributed by atoms with van der Waals surface area (Å²) in [6, 6.07) is 3.73. The van der Waals surface area contributed by atoms with Gasteiger partial charge < -0.3 is 4.74 Å². The first-order valence-electron chi connectivity index (χ1n) is 6.33. The van der Waals surface area contributed by atoms with Gasteiger partial charge >= 0.3 is 5.97 Å². The SMILES string of the molecule is COC(=O)CC1(CSCc2ccc(C(=O)NN)s2)CC1. The van der Waals surface area contributed by atoms with Crippen molar-refractivity contribution in [1.82, 2.24) is 5.43 Å². The number of nitrogens with one attached hydrogen (secondary N) is 1. The van der Waals surface area contributed by atoms with E-state index in [2.05, 4.69) is 5.43 Å². The topological polar surface area (TPSA) is 81.4 Å². The van der Waals surface area contributed by atoms with Crippen LogP contribution in [-0.2, 0) is 15.3 Å². The van der Waals surface area contributed by atoms with Crippen molar-refractivity contribution in [3.63, 3.8) is 0 Å². The van der Waals surface area contributed by atoms with E-state index in [4.69, 9.17) is 10.6 Å². The van der Waals surface area contributed by atoms with Gasteiger partial charge in [-0.2, -0.15) is 11.8 Å². The van der Waals surface area contributed by atoms with E-state index in [1.165, 1.54) is 18.4 Å². The molecule has 1 saturated carbocycles. The molecule has 0 aliphatic heterocycles. The summed E-state index contributed by atoms with van der Waals surface area (Å²) in [5.41, 5.74) is 2.27. The maximum Gasteiger partial charge on any atom is 0.306 e. The number of carbonyl (C=O) groups is 2. The van der Waals surface area contributed by atoms with E-state index in [1.54, 1.807) is 17.8 Å². The summed E-state index contributed by atoms with van der Waals surface area (Å²) in [5.74, 6) is 6.53. The number of nitrogen functional groups attached to an aromatic ring is 1. The quantitative estimate of drug-likeness (QED) is 0.348. The smallest absolute Gasteiger partial charge is 0.306 e. The lowest BCUT2D eigenvalue weighted by Gasteiger charge is -2.12. The third kappa shape index (κ3) is 3.97. The number of amides is 1. The molecule has 1 aromatic heterocycles. The Kier molecular flexibility index (Phi) is 5.06. The first-order valence-corrected chi connectivity index (χ1v) is 8.30. The van der Waals surface area contributed by atoms with Gasteiger partial charge in [-0.05, 0) is 36.1 Å². The number of hydrogen-bond donors (Lipinski definition) is 2. The molecule has 7 heteroatoms. The molecule has 2 rings (SSSR count). The highest BCUT2D eigenvalue weighted by Crippen LogP contribution is 2.51. The number of rotatable bonds is 7. The van der Waals surface area contributed by atoms with Gasteiger partial charge in [-0.3, -0.25) is 15.0 Å². The fourth-order valence-corrected chi connectivity index (χ4v) is 4.36. The van der Waals surface area contributed by atoms with Crippen molar-refractivity contribution in [3.8, 4) is 0 Å². The Bertz CT molecular complexity index is 498. The molecule has 1 aromatic rings. The number of hydrazine groups is 1. The van der Waals surface area contributed by atoms with E-state index in [0.29, 0.717) is 11.3 Å². The standard InChI is InChI=1S/C13H18N2O3S2/c1-18-11(16)6-13(4-5-13)8-19-7-9-2-3-10(20-9)12(17)15-14/h2-3H,4-8,14H2,1H3,(H,15,17). The predicted molar refractivity (Wildman–Crippen MR) is 80.4 cm³/mol. The van der Waals surface area contributed by atoms with Crippen molar-refractivity contribution in [2.24, 2.45) is 11.3 Å². The van der Waals surface area contributed by atoms with Crippen LogP contribution in [0.4, 0.5) is 0 Å². The first kappa shape index (κ1) is 15.3. The number of ether oxygens (including phenoxy) is 1. The number of carbonyl (C=O) groups excluding carboxylic acids is 2. The van der Waals surface area contributed by atoms with Crippen LogP contribution in [0.25, 0.3) is 0 Å². The van der Waals surface area contributed by atoms with Crippen LogP contribution in [0.1, 0.15) is 33.8 Å². The average Bonchev–Trinajstić information content (AvgIpc) is 3.03. The van der Waals surface area contributed by atoms with Gasteiger partial charge in [0.1, 0.15) is 0 Å². The van der Waals surface area contributed by atoms with Gasteiger partial charge in [0.25, 0.3) is 5.91 Å². The highest BCUT2D eigenvalue weighted by Gasteiger charge is 2.44. The van der Waals surface area contributed by atoms with E-state index in [-0.39, 0.29) is 17.3 Å². The Morgan fingerprint density at radius 2 is 2.25 bits per heavy atom. The van der Waals surface area contributed by atoms with E-state index >= 15 is 0 Å². The third-order valence-electron chi connectivity index (χ3n) is 3.37. The summed E-state index contributed by atoms with van der Waals surface area (Å²) >= 11 is 3.25. The van der Waals surface area contributed by atoms with Crippen LogP contribution in [-0.4, -0.2) is 24.7 Å². The normalized spacial score (nSPS) is 15.7. The van der Waals surface area contributed by atoms with Crippen LogP contribution in [0.15, 0.2) is 12.1 Å². The minimum absolute atomic E-state index is 0.124. The Balaban J connectivity index is 1.77. The van der Waals surface area contributed by atoms with Crippen LogP contribution in [0.5, 0.6) is 0 Å². The molecule has 1 amide bonds. The molecule has 0 saturated heterocycles. The highest BCUT2D eigenvalue weighted by molar-refractivity contribution is 7.98. The minimum atomic E-state index is -0.254. The molecule has 0 radical (unpaired) electrons. The molecule has 0 bridgehead atoms. The Hall–Kier alpha value is -1.05. The van der Waals surface area contributed by atoms with Gasteiger partial charge in [0.15, 0.2) is 0 Å². The van der Waals surface area contributed by atoms with Gasteiger partial charge in [-0.1, -0.05) is 0 Å². The molecule has 0 spiro atoms. The molecule has 20 heavy (non-hydrogen) atoms. The van der Waals surface area contributed by atoms with E-state index in [9.17, 15) is 9.59 Å².